The largest absolute Gasteiger partial charge is 0.495 e. The van der Waals surface area contributed by atoms with Crippen LogP contribution in [-0.4, -0.2) is 39.8 Å². The number of ether oxygens (including phenoxy) is 1. The first kappa shape index (κ1) is 22.0. The summed E-state index contributed by atoms with van der Waals surface area (Å²) in [7, 11) is 1.61. The third-order valence-corrected chi connectivity index (χ3v) is 7.27. The first-order valence-electron chi connectivity index (χ1n) is 11.7. The predicted octanol–water partition coefficient (Wildman–Crippen LogP) is 4.47. The lowest BCUT2D eigenvalue weighted by atomic mass is 9.51. The van der Waals surface area contributed by atoms with Crippen molar-refractivity contribution in [2.24, 2.45) is 5.41 Å². The number of hydrogen-bond acceptors (Lipinski definition) is 6. The highest BCUT2D eigenvalue weighted by Crippen LogP contribution is 2.62. The smallest absolute Gasteiger partial charge is 0.168 e. The summed E-state index contributed by atoms with van der Waals surface area (Å²) in [5.41, 5.74) is 7.62. The van der Waals surface area contributed by atoms with Crippen molar-refractivity contribution in [3.05, 3.63) is 35.7 Å². The van der Waals surface area contributed by atoms with Gasteiger partial charge in [0.1, 0.15) is 22.8 Å². The molecular formula is C24H30F2N6O. The molecule has 7 nitrogen and oxygen atoms in total. The molecule has 4 heterocycles. The number of nitrogens with two attached hydrogens (primary N) is 1. The van der Waals surface area contributed by atoms with E-state index < -0.39 is 11.6 Å². The molecule has 3 aliphatic rings. The van der Waals surface area contributed by atoms with Crippen LogP contribution in [0.15, 0.2) is 18.3 Å². The quantitative estimate of drug-likeness (QED) is 0.605. The second-order valence-electron chi connectivity index (χ2n) is 9.47. The van der Waals surface area contributed by atoms with Gasteiger partial charge in [0.2, 0.25) is 0 Å². The second kappa shape index (κ2) is 8.85. The zero-order valence-corrected chi connectivity index (χ0v) is 18.9. The van der Waals surface area contributed by atoms with Crippen LogP contribution in [0.3, 0.4) is 0 Å². The van der Waals surface area contributed by atoms with Crippen LogP contribution in [0.5, 0.6) is 5.75 Å². The van der Waals surface area contributed by atoms with Crippen molar-refractivity contribution in [2.45, 2.75) is 57.3 Å². The van der Waals surface area contributed by atoms with Gasteiger partial charge in [-0.2, -0.15) is 5.10 Å². The number of piperidine rings is 1. The maximum absolute atomic E-state index is 14.3. The van der Waals surface area contributed by atoms with Crippen molar-refractivity contribution < 1.29 is 13.5 Å². The Morgan fingerprint density at radius 3 is 2.42 bits per heavy atom. The fraction of sp³-hybridized carbons (Fsp3) is 0.542. The normalized spacial score (nSPS) is 19.5. The number of nitrogens with zero attached hydrogens (tertiary/aromatic N) is 4. The Kier molecular flexibility index (Phi) is 5.90. The molecule has 9 heteroatoms. The molecule has 0 aromatic carbocycles. The number of imidazole rings is 1. The van der Waals surface area contributed by atoms with E-state index in [1.807, 2.05) is 0 Å². The molecule has 3 N–H and O–H groups in total. The van der Waals surface area contributed by atoms with Crippen LogP contribution in [-0.2, 0) is 0 Å². The number of nitrogen functional groups attached to an aromatic ring is 1. The van der Waals surface area contributed by atoms with E-state index in [-0.39, 0.29) is 11.5 Å². The van der Waals surface area contributed by atoms with Crippen LogP contribution >= 0.6 is 0 Å². The van der Waals surface area contributed by atoms with E-state index in [0.717, 1.165) is 24.6 Å². The molecule has 0 amide bonds. The zero-order chi connectivity index (χ0) is 23.0. The molecule has 3 aromatic heterocycles. The van der Waals surface area contributed by atoms with Gasteiger partial charge in [0.15, 0.2) is 23.1 Å². The number of nitrogens with one attached hydrogen (secondary N) is 1. The molecule has 2 aliphatic carbocycles. The van der Waals surface area contributed by atoms with Gasteiger partial charge in [0.25, 0.3) is 0 Å². The lowest BCUT2D eigenvalue weighted by Crippen LogP contribution is -2.41. The number of pyridine rings is 1. The molecule has 33 heavy (non-hydrogen) atoms. The van der Waals surface area contributed by atoms with Gasteiger partial charge in [0, 0.05) is 18.1 Å². The third-order valence-electron chi connectivity index (χ3n) is 7.27. The fourth-order valence-corrected chi connectivity index (χ4v) is 5.25. The molecule has 0 unspecified atom stereocenters. The van der Waals surface area contributed by atoms with Crippen molar-refractivity contribution in [1.29, 1.82) is 0 Å². The Morgan fingerprint density at radius 1 is 1.09 bits per heavy atom. The summed E-state index contributed by atoms with van der Waals surface area (Å²) < 4.78 is 34.8. The fourth-order valence-electron chi connectivity index (χ4n) is 5.25. The van der Waals surface area contributed by atoms with Gasteiger partial charge >= 0.3 is 0 Å². The molecule has 6 rings (SSSR count). The van der Waals surface area contributed by atoms with Gasteiger partial charge in [0.05, 0.1) is 13.3 Å². The minimum Gasteiger partial charge on any atom is -0.495 e. The second-order valence-corrected chi connectivity index (χ2v) is 9.47. The summed E-state index contributed by atoms with van der Waals surface area (Å²) >= 11 is 0. The standard InChI is InChI=1S/C19H19F2N5O.C5H11N/c1-27-14-6-15-23-9-13(17-11(20)5-12(21)18(22)24-17)26(15)25-16(14)10-7-19(8-10)3-2-4-19;1-2-4-6-5-3-1/h5-6,9-10H,2-4,7-8H2,1H3,(H2,22,24);6H,1-5H2. The van der Waals surface area contributed by atoms with Gasteiger partial charge in [-0.25, -0.2) is 23.3 Å². The Labute approximate surface area is 191 Å². The predicted molar refractivity (Wildman–Crippen MR) is 122 cm³/mol. The monoisotopic (exact) mass is 456 g/mol. The molecule has 2 saturated carbocycles. The zero-order valence-electron chi connectivity index (χ0n) is 18.9. The van der Waals surface area contributed by atoms with Crippen molar-refractivity contribution in [1.82, 2.24) is 24.9 Å². The molecule has 0 bridgehead atoms. The van der Waals surface area contributed by atoms with Crippen molar-refractivity contribution in [3.63, 3.8) is 0 Å². The highest BCUT2D eigenvalue weighted by molar-refractivity contribution is 5.63. The molecule has 3 aromatic rings. The van der Waals surface area contributed by atoms with Crippen molar-refractivity contribution in [2.75, 3.05) is 25.9 Å². The number of halogens is 2. The minimum absolute atomic E-state index is 0.0749. The number of rotatable bonds is 3. The lowest BCUT2D eigenvalue weighted by Gasteiger charge is -2.54. The van der Waals surface area contributed by atoms with E-state index >= 15 is 0 Å². The minimum atomic E-state index is -0.888. The first-order valence-corrected chi connectivity index (χ1v) is 11.7. The topological polar surface area (TPSA) is 90.4 Å². The molecule has 0 atom stereocenters. The Morgan fingerprint density at radius 2 is 1.85 bits per heavy atom. The summed E-state index contributed by atoms with van der Waals surface area (Å²) in [6.45, 7) is 2.50. The van der Waals surface area contributed by atoms with Crippen LogP contribution in [0, 0.1) is 17.0 Å². The highest BCUT2D eigenvalue weighted by Gasteiger charge is 2.49. The Bertz CT molecular complexity index is 1140. The van der Waals surface area contributed by atoms with Gasteiger partial charge in [-0.1, -0.05) is 12.8 Å². The average molecular weight is 457 g/mol. The van der Waals surface area contributed by atoms with Crippen molar-refractivity contribution >= 4 is 11.5 Å². The summed E-state index contributed by atoms with van der Waals surface area (Å²) in [6.07, 6.45) is 11.8. The van der Waals surface area contributed by atoms with E-state index in [1.54, 1.807) is 13.2 Å². The molecule has 1 aliphatic heterocycles. The van der Waals surface area contributed by atoms with Crippen LogP contribution in [0.25, 0.3) is 17.0 Å². The van der Waals surface area contributed by atoms with Crippen LogP contribution in [0.1, 0.15) is 63.0 Å². The van der Waals surface area contributed by atoms with Gasteiger partial charge < -0.3 is 15.8 Å². The first-order chi connectivity index (χ1) is 16.0. The summed E-state index contributed by atoms with van der Waals surface area (Å²) in [4.78, 5) is 8.13. The molecular weight excluding hydrogens is 426 g/mol. The maximum Gasteiger partial charge on any atom is 0.168 e. The molecule has 1 saturated heterocycles. The Hall–Kier alpha value is -2.81. The van der Waals surface area contributed by atoms with Crippen LogP contribution in [0.4, 0.5) is 14.6 Å². The SMILES string of the molecule is C1CCNCC1.COc1cc2ncc(-c3nc(N)c(F)cc3F)n2nc1C1CC2(CCC2)C1. The number of fused-ring (bicyclic) bond motifs is 1. The maximum atomic E-state index is 14.3. The summed E-state index contributed by atoms with van der Waals surface area (Å²) in [6, 6.07) is 2.52. The molecule has 1 spiro atoms. The van der Waals surface area contributed by atoms with Crippen molar-refractivity contribution in [3.8, 4) is 17.1 Å². The summed E-state index contributed by atoms with van der Waals surface area (Å²) in [5.74, 6) is -1.05. The van der Waals surface area contributed by atoms with E-state index in [1.165, 1.54) is 62.3 Å². The molecule has 3 fully saturated rings. The van der Waals surface area contributed by atoms with E-state index in [9.17, 15) is 8.78 Å². The number of aromatic nitrogens is 4. The van der Waals surface area contributed by atoms with E-state index in [0.29, 0.717) is 28.4 Å². The molecule has 0 radical (unpaired) electrons. The van der Waals surface area contributed by atoms with Gasteiger partial charge in [-0.15, -0.1) is 0 Å². The van der Waals surface area contributed by atoms with Gasteiger partial charge in [-0.3, -0.25) is 0 Å². The molecule has 176 valence electrons. The van der Waals surface area contributed by atoms with Crippen LogP contribution in [0.2, 0.25) is 0 Å². The third kappa shape index (κ3) is 4.14. The highest BCUT2D eigenvalue weighted by atomic mass is 19.1. The average Bonchev–Trinajstić information content (AvgIpc) is 3.18. The number of methoxy groups -OCH3 is 1. The Balaban J connectivity index is 0.000000332. The number of anilines is 1. The van der Waals surface area contributed by atoms with E-state index in [2.05, 4.69) is 15.3 Å². The van der Waals surface area contributed by atoms with E-state index in [4.69, 9.17) is 15.6 Å². The number of hydrogen-bond donors (Lipinski definition) is 2. The van der Waals surface area contributed by atoms with Crippen LogP contribution < -0.4 is 15.8 Å². The lowest BCUT2D eigenvalue weighted by molar-refractivity contribution is 0.00648. The summed E-state index contributed by atoms with van der Waals surface area (Å²) in [5, 5.41) is 7.99. The van der Waals surface area contributed by atoms with Gasteiger partial charge in [-0.05, 0) is 57.0 Å².